The van der Waals surface area contributed by atoms with E-state index in [2.05, 4.69) is 32.1 Å². The minimum absolute atomic E-state index is 0.0521. The number of carbonyl (C=O) groups excluding carboxylic acids is 4. The molecular formula is C46H36F3N7O7. The van der Waals surface area contributed by atoms with Crippen LogP contribution in [0.5, 0.6) is 11.6 Å². The van der Waals surface area contributed by atoms with Crippen molar-refractivity contribution >= 4 is 51.1 Å². The van der Waals surface area contributed by atoms with E-state index in [9.17, 15) is 32.3 Å². The lowest BCUT2D eigenvalue weighted by Crippen LogP contribution is -2.54. The molecule has 17 heteroatoms. The number of hydrogen-bond donors (Lipinski definition) is 1. The summed E-state index contributed by atoms with van der Waals surface area (Å²) in [5, 5.41) is 4.12. The van der Waals surface area contributed by atoms with Gasteiger partial charge < -0.3 is 23.7 Å². The van der Waals surface area contributed by atoms with Crippen LogP contribution in [-0.2, 0) is 27.5 Å². The van der Waals surface area contributed by atoms with Crippen molar-refractivity contribution in [3.63, 3.8) is 0 Å². The van der Waals surface area contributed by atoms with E-state index < -0.39 is 53.4 Å². The zero-order valence-electron chi connectivity index (χ0n) is 33.5. The summed E-state index contributed by atoms with van der Waals surface area (Å²) in [7, 11) is 1.91. The van der Waals surface area contributed by atoms with Crippen molar-refractivity contribution < 1.29 is 46.6 Å². The fourth-order valence-corrected chi connectivity index (χ4v) is 8.42. The Labute approximate surface area is 357 Å². The molecule has 4 aromatic heterocycles. The number of benzene rings is 2. The van der Waals surface area contributed by atoms with Gasteiger partial charge >= 0.3 is 6.18 Å². The standard InChI is InChI=1S/C46H36F3N7O7/c1-54-38-12-13-50-22-36(38)33-8-4-25(16-40(33)54)26-15-37(46(47,48)49)43(52-20-26)63-31-18-30(19-31)62-29-7-5-27(51-21-29)3-2-14-61-32-23-55(24-32)28-6-9-34-35(17-28)45(60)56(44(34)59)39-10-11-41(57)53-42(39)58/h4-9,12-13,15-17,20-22,30-32,39H,10-11,14,18-19,23-24H2,1H3,(H,53,57,58)/t30-,31-,39?. The molecule has 14 nitrogen and oxygen atoms in total. The van der Waals surface area contributed by atoms with Crippen LogP contribution in [-0.4, -0.2) is 92.1 Å². The van der Waals surface area contributed by atoms with Crippen molar-refractivity contribution in [1.82, 2.24) is 29.7 Å². The number of piperidine rings is 1. The summed E-state index contributed by atoms with van der Waals surface area (Å²) in [6, 6.07) is 15.9. The number of nitrogens with one attached hydrogen (secondary N) is 1. The summed E-state index contributed by atoms with van der Waals surface area (Å²) < 4.78 is 62.5. The number of aromatic nitrogens is 4. The van der Waals surface area contributed by atoms with E-state index in [1.165, 1.54) is 12.4 Å². The Morgan fingerprint density at radius 3 is 2.40 bits per heavy atom. The third-order valence-corrected chi connectivity index (χ3v) is 11.9. The van der Waals surface area contributed by atoms with Crippen molar-refractivity contribution in [1.29, 1.82) is 0 Å². The zero-order valence-corrected chi connectivity index (χ0v) is 33.5. The minimum Gasteiger partial charge on any atom is -0.489 e. The topological polar surface area (TPSA) is 158 Å². The highest BCUT2D eigenvalue weighted by Crippen LogP contribution is 2.41. The molecule has 0 bridgehead atoms. The first-order chi connectivity index (χ1) is 30.4. The van der Waals surface area contributed by atoms with Gasteiger partial charge in [0.25, 0.3) is 11.8 Å². The molecule has 0 radical (unpaired) electrons. The number of carbonyl (C=O) groups is 4. The van der Waals surface area contributed by atoms with Crippen molar-refractivity contribution in [2.75, 3.05) is 24.6 Å². The van der Waals surface area contributed by atoms with Crippen LogP contribution in [0, 0.1) is 11.8 Å². The zero-order chi connectivity index (χ0) is 43.6. The highest BCUT2D eigenvalue weighted by atomic mass is 19.4. The molecule has 1 N–H and O–H groups in total. The van der Waals surface area contributed by atoms with Crippen molar-refractivity contribution in [3.8, 4) is 34.6 Å². The Kier molecular flexibility index (Phi) is 9.82. The number of nitrogens with zero attached hydrogens (tertiary/aromatic N) is 6. The minimum atomic E-state index is -4.68. The lowest BCUT2D eigenvalue weighted by Gasteiger charge is -2.40. The van der Waals surface area contributed by atoms with E-state index in [1.54, 1.807) is 48.8 Å². The lowest BCUT2D eigenvalue weighted by atomic mass is 9.92. The fraction of sp³-hybridized carbons (Fsp3) is 0.283. The fourth-order valence-electron chi connectivity index (χ4n) is 8.42. The van der Waals surface area contributed by atoms with Crippen LogP contribution in [0.4, 0.5) is 18.9 Å². The third-order valence-electron chi connectivity index (χ3n) is 11.9. The molecular weight excluding hydrogens is 820 g/mol. The van der Waals surface area contributed by atoms with Crippen LogP contribution in [0.15, 0.2) is 85.5 Å². The van der Waals surface area contributed by atoms with Gasteiger partial charge in [-0.2, -0.15) is 13.2 Å². The molecule has 1 atom stereocenters. The first kappa shape index (κ1) is 39.8. The third kappa shape index (κ3) is 7.45. The van der Waals surface area contributed by atoms with E-state index in [0.29, 0.717) is 48.5 Å². The smallest absolute Gasteiger partial charge is 0.421 e. The normalized spacial score (nSPS) is 20.0. The highest BCUT2D eigenvalue weighted by Gasteiger charge is 2.45. The summed E-state index contributed by atoms with van der Waals surface area (Å²) in [6.45, 7) is 1.25. The second-order valence-electron chi connectivity index (χ2n) is 15.9. The number of amides is 4. The van der Waals surface area contributed by atoms with E-state index in [0.717, 1.165) is 38.5 Å². The number of hydrogen-bond acceptors (Lipinski definition) is 11. The van der Waals surface area contributed by atoms with E-state index >= 15 is 0 Å². The van der Waals surface area contributed by atoms with Crippen molar-refractivity contribution in [2.24, 2.45) is 7.05 Å². The molecule has 2 aromatic carbocycles. The number of imide groups is 2. The van der Waals surface area contributed by atoms with Crippen molar-refractivity contribution in [3.05, 3.63) is 108 Å². The number of pyridine rings is 3. The maximum atomic E-state index is 14.3. The number of rotatable bonds is 9. The molecule has 0 spiro atoms. The summed E-state index contributed by atoms with van der Waals surface area (Å²) >= 11 is 0. The predicted octanol–water partition coefficient (Wildman–Crippen LogP) is 5.85. The second-order valence-corrected chi connectivity index (χ2v) is 15.9. The Hall–Kier alpha value is -7.32. The van der Waals surface area contributed by atoms with Crippen LogP contribution >= 0.6 is 0 Å². The van der Waals surface area contributed by atoms with Gasteiger partial charge in [0.15, 0.2) is 0 Å². The summed E-state index contributed by atoms with van der Waals surface area (Å²) in [5.74, 6) is 3.75. The van der Waals surface area contributed by atoms with Gasteiger partial charge in [0.05, 0.1) is 28.9 Å². The van der Waals surface area contributed by atoms with Crippen LogP contribution in [0.25, 0.3) is 32.9 Å². The second kappa shape index (κ2) is 15.5. The molecule has 63 heavy (non-hydrogen) atoms. The largest absolute Gasteiger partial charge is 0.489 e. The van der Waals surface area contributed by atoms with Crippen LogP contribution in [0.2, 0.25) is 0 Å². The molecule has 3 aliphatic heterocycles. The monoisotopic (exact) mass is 855 g/mol. The first-order valence-corrected chi connectivity index (χ1v) is 20.3. The molecule has 1 saturated carbocycles. The quantitative estimate of drug-likeness (QED) is 0.138. The van der Waals surface area contributed by atoms with E-state index in [-0.39, 0.29) is 42.8 Å². The average Bonchev–Trinajstić information content (AvgIpc) is 3.67. The maximum absolute atomic E-state index is 14.3. The number of ether oxygens (including phenoxy) is 3. The first-order valence-electron chi connectivity index (χ1n) is 20.3. The molecule has 7 heterocycles. The predicted molar refractivity (Wildman–Crippen MR) is 221 cm³/mol. The average molecular weight is 856 g/mol. The van der Waals surface area contributed by atoms with Crippen LogP contribution < -0.4 is 19.7 Å². The van der Waals surface area contributed by atoms with Crippen molar-refractivity contribution in [2.45, 2.75) is 56.2 Å². The molecule has 1 unspecified atom stereocenters. The summed E-state index contributed by atoms with van der Waals surface area (Å²) in [6.07, 6.45) is 1.75. The molecule has 10 rings (SSSR count). The number of halogens is 3. The van der Waals surface area contributed by atoms with Gasteiger partial charge in [0, 0.05) is 85.5 Å². The molecule has 4 amide bonds. The van der Waals surface area contributed by atoms with E-state index in [1.807, 2.05) is 34.7 Å². The molecule has 6 aromatic rings. The number of aryl methyl sites for hydroxylation is 1. The molecule has 3 fully saturated rings. The SMILES string of the molecule is Cn1c2ccncc2c2ccc(-c3cnc(O[C@H]4C[C@H](Oc5ccc(C#CCOC6CN(c7ccc8c(c7)C(=O)N(C7CCC(=O)NC7=O)C8=O)C6)nc5)C4)c(C(F)(F)F)c3)cc21. The van der Waals surface area contributed by atoms with Gasteiger partial charge in [-0.3, -0.25) is 34.4 Å². The van der Waals surface area contributed by atoms with Gasteiger partial charge in [-0.25, -0.2) is 9.97 Å². The number of anilines is 1. The van der Waals surface area contributed by atoms with E-state index in [4.69, 9.17) is 14.2 Å². The number of fused-ring (bicyclic) bond motifs is 4. The van der Waals surface area contributed by atoms with Gasteiger partial charge in [0.2, 0.25) is 17.7 Å². The number of alkyl halides is 3. The summed E-state index contributed by atoms with van der Waals surface area (Å²) in [4.78, 5) is 65.7. The Bertz CT molecular complexity index is 2930. The van der Waals surface area contributed by atoms with Gasteiger partial charge in [-0.1, -0.05) is 18.1 Å². The Morgan fingerprint density at radius 1 is 0.810 bits per heavy atom. The van der Waals surface area contributed by atoms with Crippen LogP contribution in [0.1, 0.15) is 57.7 Å². The Morgan fingerprint density at radius 2 is 1.62 bits per heavy atom. The van der Waals surface area contributed by atoms with Gasteiger partial charge in [-0.15, -0.1) is 0 Å². The molecule has 318 valence electrons. The molecule has 1 aliphatic carbocycles. The van der Waals surface area contributed by atoms with Gasteiger partial charge in [0.1, 0.15) is 41.9 Å². The lowest BCUT2D eigenvalue weighted by molar-refractivity contribution is -0.140. The Balaban J connectivity index is 0.684. The highest BCUT2D eigenvalue weighted by molar-refractivity contribution is 6.23. The maximum Gasteiger partial charge on any atom is 0.421 e. The van der Waals surface area contributed by atoms with Gasteiger partial charge in [-0.05, 0) is 66.4 Å². The molecule has 2 saturated heterocycles. The molecule has 4 aliphatic rings. The summed E-state index contributed by atoms with van der Waals surface area (Å²) in [5.41, 5.74) is 3.51. The van der Waals surface area contributed by atoms with Crippen LogP contribution in [0.3, 0.4) is 0 Å².